The van der Waals surface area contributed by atoms with Crippen molar-refractivity contribution in [1.82, 2.24) is 5.32 Å². The average Bonchev–Trinajstić information content (AvgIpc) is 2.31. The number of rotatable bonds is 5. The monoisotopic (exact) mass is 339 g/mol. The summed E-state index contributed by atoms with van der Waals surface area (Å²) in [5.41, 5.74) is 0.362. The molecule has 0 bridgehead atoms. The topological polar surface area (TPSA) is 38.3 Å². The Kier molecular flexibility index (Phi) is 6.27. The lowest BCUT2D eigenvalue weighted by Crippen LogP contribution is -2.39. The highest BCUT2D eigenvalue weighted by Crippen LogP contribution is 2.25. The number of carbonyl (C=O) groups excluding carboxylic acids is 1. The maximum Gasteiger partial charge on any atom is 0.253 e. The number of nitrogens with one attached hydrogen (secondary N) is 1. The zero-order valence-corrected chi connectivity index (χ0v) is 12.3. The summed E-state index contributed by atoms with van der Waals surface area (Å²) in [4.78, 5) is 11.9. The number of alkyl halides is 1. The molecule has 1 atom stereocenters. The third kappa shape index (κ3) is 4.14. The van der Waals surface area contributed by atoms with Crippen LogP contribution in [-0.2, 0) is 4.74 Å². The van der Waals surface area contributed by atoms with Gasteiger partial charge in [-0.25, -0.2) is 0 Å². The van der Waals surface area contributed by atoms with Gasteiger partial charge in [-0.15, -0.1) is 0 Å². The Morgan fingerprint density at radius 1 is 1.53 bits per heavy atom. The van der Waals surface area contributed by atoms with Crippen LogP contribution in [0, 0.1) is 0 Å². The van der Waals surface area contributed by atoms with E-state index in [1.807, 2.05) is 0 Å². The predicted molar refractivity (Wildman–Crippen MR) is 73.4 cm³/mol. The van der Waals surface area contributed by atoms with Gasteiger partial charge in [0.2, 0.25) is 0 Å². The Balaban J connectivity index is 2.79. The second kappa shape index (κ2) is 7.21. The Hall–Kier alpha value is -0.290. The highest BCUT2D eigenvalue weighted by atomic mass is 79.9. The second-order valence-corrected chi connectivity index (χ2v) is 4.81. The molecule has 94 valence electrons. The predicted octanol–water partition coefficient (Wildman–Crippen LogP) is 3.13. The maximum atomic E-state index is 11.9. The third-order valence-corrected chi connectivity index (χ3v) is 3.69. The lowest BCUT2D eigenvalue weighted by Gasteiger charge is -2.15. The van der Waals surface area contributed by atoms with Gasteiger partial charge in [0.15, 0.2) is 0 Å². The van der Waals surface area contributed by atoms with Crippen LogP contribution >= 0.6 is 39.1 Å². The number of ether oxygens (including phenoxy) is 1. The smallest absolute Gasteiger partial charge is 0.253 e. The summed E-state index contributed by atoms with van der Waals surface area (Å²) in [7, 11) is 1.58. The van der Waals surface area contributed by atoms with Gasteiger partial charge in [-0.1, -0.05) is 45.2 Å². The molecule has 17 heavy (non-hydrogen) atoms. The molecular weight excluding hydrogens is 329 g/mol. The summed E-state index contributed by atoms with van der Waals surface area (Å²) in [6, 6.07) is 4.84. The SMILES string of the molecule is COCC(CBr)NC(=O)c1cccc(Cl)c1Cl. The molecule has 0 aliphatic heterocycles. The third-order valence-electron chi connectivity index (χ3n) is 2.09. The first kappa shape index (κ1) is 14.8. The van der Waals surface area contributed by atoms with Crippen molar-refractivity contribution in [1.29, 1.82) is 0 Å². The van der Waals surface area contributed by atoms with Crippen LogP contribution in [0.5, 0.6) is 0 Å². The van der Waals surface area contributed by atoms with E-state index >= 15 is 0 Å². The number of hydrogen-bond donors (Lipinski definition) is 1. The number of amides is 1. The van der Waals surface area contributed by atoms with E-state index in [0.29, 0.717) is 22.5 Å². The normalized spacial score (nSPS) is 12.2. The molecule has 0 spiro atoms. The molecule has 0 aliphatic rings. The zero-order valence-electron chi connectivity index (χ0n) is 9.17. The summed E-state index contributed by atoms with van der Waals surface area (Å²) >= 11 is 15.1. The lowest BCUT2D eigenvalue weighted by atomic mass is 10.2. The van der Waals surface area contributed by atoms with Crippen LogP contribution in [0.1, 0.15) is 10.4 Å². The minimum absolute atomic E-state index is 0.109. The quantitative estimate of drug-likeness (QED) is 0.836. The van der Waals surface area contributed by atoms with Gasteiger partial charge in [-0.2, -0.15) is 0 Å². The largest absolute Gasteiger partial charge is 0.383 e. The van der Waals surface area contributed by atoms with Crippen LogP contribution in [-0.4, -0.2) is 31.0 Å². The molecule has 1 amide bonds. The highest BCUT2D eigenvalue weighted by molar-refractivity contribution is 9.09. The van der Waals surface area contributed by atoms with Gasteiger partial charge < -0.3 is 10.1 Å². The number of halogens is 3. The summed E-state index contributed by atoms with van der Waals surface area (Å²) in [5.74, 6) is -0.265. The van der Waals surface area contributed by atoms with Crippen molar-refractivity contribution in [2.24, 2.45) is 0 Å². The van der Waals surface area contributed by atoms with E-state index in [1.165, 1.54) is 0 Å². The van der Waals surface area contributed by atoms with E-state index in [0.717, 1.165) is 0 Å². The molecule has 6 heteroatoms. The van der Waals surface area contributed by atoms with Crippen LogP contribution in [0.25, 0.3) is 0 Å². The van der Waals surface area contributed by atoms with Crippen molar-refractivity contribution < 1.29 is 9.53 Å². The van der Waals surface area contributed by atoms with Gasteiger partial charge in [0.25, 0.3) is 5.91 Å². The first-order valence-electron chi connectivity index (χ1n) is 4.90. The highest BCUT2D eigenvalue weighted by Gasteiger charge is 2.16. The molecular formula is C11H12BrCl2NO2. The van der Waals surface area contributed by atoms with Gasteiger partial charge >= 0.3 is 0 Å². The molecule has 0 fully saturated rings. The Labute approximate surface area is 119 Å². The van der Waals surface area contributed by atoms with E-state index in [-0.39, 0.29) is 17.0 Å². The molecule has 3 nitrogen and oxygen atoms in total. The fourth-order valence-electron chi connectivity index (χ4n) is 1.27. The van der Waals surface area contributed by atoms with Crippen molar-refractivity contribution >= 4 is 45.0 Å². The van der Waals surface area contributed by atoms with Gasteiger partial charge in [0, 0.05) is 12.4 Å². The van der Waals surface area contributed by atoms with Gasteiger partial charge in [0.05, 0.1) is 28.3 Å². The molecule has 0 saturated heterocycles. The fourth-order valence-corrected chi connectivity index (χ4v) is 2.00. The van der Waals surface area contributed by atoms with Crippen LogP contribution in [0.3, 0.4) is 0 Å². The van der Waals surface area contributed by atoms with E-state index in [1.54, 1.807) is 25.3 Å². The number of hydrogen-bond acceptors (Lipinski definition) is 2. The van der Waals surface area contributed by atoms with Crippen molar-refractivity contribution in [2.45, 2.75) is 6.04 Å². The summed E-state index contributed by atoms with van der Waals surface area (Å²) in [6.45, 7) is 0.426. The van der Waals surface area contributed by atoms with Gasteiger partial charge in [0.1, 0.15) is 0 Å². The molecule has 1 unspecified atom stereocenters. The molecule has 1 aromatic rings. The molecule has 0 aromatic heterocycles. The summed E-state index contributed by atoms with van der Waals surface area (Å²) in [5, 5.41) is 4.02. The van der Waals surface area contributed by atoms with Crippen molar-refractivity contribution in [3.8, 4) is 0 Å². The summed E-state index contributed by atoms with van der Waals surface area (Å²) in [6.07, 6.45) is 0. The number of methoxy groups -OCH3 is 1. The Bertz CT molecular complexity index is 401. The van der Waals surface area contributed by atoms with Crippen LogP contribution in [0.15, 0.2) is 18.2 Å². The van der Waals surface area contributed by atoms with E-state index in [2.05, 4.69) is 21.2 Å². The lowest BCUT2D eigenvalue weighted by molar-refractivity contribution is 0.0908. The van der Waals surface area contributed by atoms with E-state index in [9.17, 15) is 4.79 Å². The van der Waals surface area contributed by atoms with Crippen molar-refractivity contribution in [3.05, 3.63) is 33.8 Å². The Morgan fingerprint density at radius 2 is 2.24 bits per heavy atom. The van der Waals surface area contributed by atoms with Crippen molar-refractivity contribution in [2.75, 3.05) is 19.0 Å². The summed E-state index contributed by atoms with van der Waals surface area (Å²) < 4.78 is 4.98. The van der Waals surface area contributed by atoms with Gasteiger partial charge in [-0.05, 0) is 12.1 Å². The molecule has 0 heterocycles. The maximum absolute atomic E-state index is 11.9. The number of benzene rings is 1. The van der Waals surface area contributed by atoms with Crippen LogP contribution in [0.2, 0.25) is 10.0 Å². The first-order valence-corrected chi connectivity index (χ1v) is 6.77. The average molecular weight is 341 g/mol. The molecule has 1 rings (SSSR count). The first-order chi connectivity index (χ1) is 8.10. The van der Waals surface area contributed by atoms with Crippen LogP contribution < -0.4 is 5.32 Å². The molecule has 0 radical (unpaired) electrons. The minimum atomic E-state index is -0.265. The minimum Gasteiger partial charge on any atom is -0.383 e. The van der Waals surface area contributed by atoms with E-state index < -0.39 is 0 Å². The Morgan fingerprint density at radius 3 is 2.82 bits per heavy atom. The van der Waals surface area contributed by atoms with E-state index in [4.69, 9.17) is 27.9 Å². The molecule has 1 N–H and O–H groups in total. The van der Waals surface area contributed by atoms with Crippen LogP contribution in [0.4, 0.5) is 0 Å². The van der Waals surface area contributed by atoms with Gasteiger partial charge in [-0.3, -0.25) is 4.79 Å². The molecule has 1 aromatic carbocycles. The fraction of sp³-hybridized carbons (Fsp3) is 0.364. The van der Waals surface area contributed by atoms with Crippen molar-refractivity contribution in [3.63, 3.8) is 0 Å². The zero-order chi connectivity index (χ0) is 12.8. The molecule has 0 saturated carbocycles. The number of carbonyl (C=O) groups is 1. The second-order valence-electron chi connectivity index (χ2n) is 3.38. The molecule has 0 aliphatic carbocycles. The standard InChI is InChI=1S/C11H12BrCl2NO2/c1-17-6-7(5-12)15-11(16)8-3-2-4-9(13)10(8)14/h2-4,7H,5-6H2,1H3,(H,15,16).